The lowest BCUT2D eigenvalue weighted by molar-refractivity contribution is -0.311. The highest BCUT2D eigenvalue weighted by molar-refractivity contribution is 5.92. The van der Waals surface area contributed by atoms with E-state index in [4.69, 9.17) is 4.74 Å². The molecular formula is C14H15O4-. The molecule has 1 unspecified atom stereocenters. The van der Waals surface area contributed by atoms with Crippen molar-refractivity contribution in [2.24, 2.45) is 5.92 Å². The fraction of sp³-hybridized carbons (Fsp3) is 0.429. The summed E-state index contributed by atoms with van der Waals surface area (Å²) >= 11 is 0. The zero-order chi connectivity index (χ0) is 13.1. The molecule has 4 nitrogen and oxygen atoms in total. The van der Waals surface area contributed by atoms with Gasteiger partial charge in [-0.3, -0.25) is 0 Å². The number of allylic oxidation sites excluding steroid dienone is 4. The minimum atomic E-state index is -0.994. The van der Waals surface area contributed by atoms with E-state index in [-0.39, 0.29) is 5.97 Å². The van der Waals surface area contributed by atoms with Gasteiger partial charge in [0.1, 0.15) is 0 Å². The van der Waals surface area contributed by atoms with Crippen molar-refractivity contribution in [1.82, 2.24) is 0 Å². The Morgan fingerprint density at radius 1 is 1.39 bits per heavy atom. The molecule has 96 valence electrons. The molecule has 0 radical (unpaired) electrons. The molecular weight excluding hydrogens is 232 g/mol. The van der Waals surface area contributed by atoms with Crippen LogP contribution in [0.5, 0.6) is 0 Å². The Kier molecular flexibility index (Phi) is 3.65. The summed E-state index contributed by atoms with van der Waals surface area (Å²) in [5.41, 5.74) is 2.63. The lowest BCUT2D eigenvalue weighted by Gasteiger charge is -2.10. The molecule has 2 rings (SSSR count). The summed E-state index contributed by atoms with van der Waals surface area (Å²) < 4.78 is 4.94. The summed E-state index contributed by atoms with van der Waals surface area (Å²) in [5.74, 6) is -1.74. The van der Waals surface area contributed by atoms with E-state index in [1.807, 2.05) is 6.08 Å². The van der Waals surface area contributed by atoms with Crippen LogP contribution in [0.25, 0.3) is 0 Å². The van der Waals surface area contributed by atoms with Crippen LogP contribution in [0.4, 0.5) is 0 Å². The number of carbonyl (C=O) groups is 2. The number of carbonyl (C=O) groups excluding carboxylic acids is 2. The molecule has 0 amide bonds. The topological polar surface area (TPSA) is 66.4 Å². The van der Waals surface area contributed by atoms with E-state index in [0.29, 0.717) is 31.4 Å². The molecule has 0 fully saturated rings. The summed E-state index contributed by atoms with van der Waals surface area (Å²) in [6.45, 7) is 2.12. The maximum absolute atomic E-state index is 11.6. The molecule has 0 aromatic carbocycles. The zero-order valence-electron chi connectivity index (χ0n) is 10.3. The van der Waals surface area contributed by atoms with Gasteiger partial charge in [-0.05, 0) is 37.8 Å². The van der Waals surface area contributed by atoms with Crippen LogP contribution in [-0.2, 0) is 14.3 Å². The molecule has 0 aliphatic heterocycles. The second-order valence-corrected chi connectivity index (χ2v) is 4.47. The van der Waals surface area contributed by atoms with Gasteiger partial charge in [-0.25, -0.2) is 4.79 Å². The Morgan fingerprint density at radius 2 is 2.17 bits per heavy atom. The molecule has 4 heteroatoms. The van der Waals surface area contributed by atoms with Crippen LogP contribution in [-0.4, -0.2) is 18.5 Å². The third-order valence-electron chi connectivity index (χ3n) is 3.29. The quantitative estimate of drug-likeness (QED) is 0.695. The van der Waals surface area contributed by atoms with Crippen molar-refractivity contribution in [2.75, 3.05) is 6.61 Å². The van der Waals surface area contributed by atoms with Gasteiger partial charge in [-0.1, -0.05) is 17.7 Å². The first-order valence-electron chi connectivity index (χ1n) is 6.09. The molecule has 2 aliphatic rings. The Hall–Kier alpha value is -1.84. The van der Waals surface area contributed by atoms with Crippen LogP contribution in [0.1, 0.15) is 26.2 Å². The number of hydrogen-bond donors (Lipinski definition) is 0. The summed E-state index contributed by atoms with van der Waals surface area (Å²) in [7, 11) is 0. The van der Waals surface area contributed by atoms with Crippen molar-refractivity contribution >= 4 is 11.9 Å². The first-order valence-corrected chi connectivity index (χ1v) is 6.09. The number of ether oxygens (including phenoxy) is 1. The molecule has 0 heterocycles. The van der Waals surface area contributed by atoms with Gasteiger partial charge in [0.15, 0.2) is 0 Å². The molecule has 0 saturated carbocycles. The summed E-state index contributed by atoms with van der Waals surface area (Å²) in [4.78, 5) is 22.4. The van der Waals surface area contributed by atoms with Gasteiger partial charge >= 0.3 is 5.97 Å². The SMILES string of the molecule is CCOC(=O)C1=CCC2=C(C=C1)CC(C(=O)[O-])C2. The molecule has 1 atom stereocenters. The van der Waals surface area contributed by atoms with E-state index in [0.717, 1.165) is 11.1 Å². The molecule has 18 heavy (non-hydrogen) atoms. The number of rotatable bonds is 3. The predicted octanol–water partition coefficient (Wildman–Crippen LogP) is 0.892. The van der Waals surface area contributed by atoms with Crippen molar-refractivity contribution in [1.29, 1.82) is 0 Å². The van der Waals surface area contributed by atoms with Gasteiger partial charge in [0.2, 0.25) is 0 Å². The third-order valence-corrected chi connectivity index (χ3v) is 3.29. The Bertz CT molecular complexity index is 468. The van der Waals surface area contributed by atoms with Crippen molar-refractivity contribution < 1.29 is 19.4 Å². The fourth-order valence-corrected chi connectivity index (χ4v) is 2.33. The first-order chi connectivity index (χ1) is 8.61. The number of carboxylic acid groups (broad SMARTS) is 1. The summed E-state index contributed by atoms with van der Waals surface area (Å²) in [5, 5.41) is 10.8. The largest absolute Gasteiger partial charge is 0.550 e. The van der Waals surface area contributed by atoms with Gasteiger partial charge in [0.05, 0.1) is 12.2 Å². The van der Waals surface area contributed by atoms with Crippen molar-refractivity contribution in [3.63, 3.8) is 0 Å². The molecule has 0 aromatic heterocycles. The van der Waals surface area contributed by atoms with E-state index in [1.165, 1.54) is 0 Å². The maximum Gasteiger partial charge on any atom is 0.337 e. The normalized spacial score (nSPS) is 22.3. The van der Waals surface area contributed by atoms with Gasteiger partial charge in [0.25, 0.3) is 0 Å². The standard InChI is InChI=1S/C14H16O4/c1-2-18-14(17)9-3-5-10-7-12(13(15)16)8-11(10)6-4-9/h3-5,12H,2,6-8H2,1H3,(H,15,16)/p-1. The van der Waals surface area contributed by atoms with E-state index in [1.54, 1.807) is 19.1 Å². The minimum absolute atomic E-state index is 0.327. The molecule has 0 spiro atoms. The third kappa shape index (κ3) is 2.53. The van der Waals surface area contributed by atoms with Gasteiger partial charge < -0.3 is 14.6 Å². The van der Waals surface area contributed by atoms with Crippen molar-refractivity contribution in [3.8, 4) is 0 Å². The number of esters is 1. The van der Waals surface area contributed by atoms with Crippen LogP contribution >= 0.6 is 0 Å². The monoisotopic (exact) mass is 247 g/mol. The molecule has 0 saturated heterocycles. The predicted molar refractivity (Wildman–Crippen MR) is 63.2 cm³/mol. The highest BCUT2D eigenvalue weighted by Crippen LogP contribution is 2.36. The number of aliphatic carboxylic acids is 1. The molecule has 0 aromatic rings. The van der Waals surface area contributed by atoms with E-state index in [2.05, 4.69) is 0 Å². The Balaban J connectivity index is 2.07. The highest BCUT2D eigenvalue weighted by Gasteiger charge is 2.24. The number of hydrogen-bond acceptors (Lipinski definition) is 4. The number of carboxylic acids is 1. The van der Waals surface area contributed by atoms with Crippen LogP contribution in [0, 0.1) is 5.92 Å². The summed E-state index contributed by atoms with van der Waals surface area (Å²) in [6.07, 6.45) is 6.97. The minimum Gasteiger partial charge on any atom is -0.550 e. The van der Waals surface area contributed by atoms with Gasteiger partial charge in [-0.15, -0.1) is 0 Å². The van der Waals surface area contributed by atoms with Crippen LogP contribution in [0.15, 0.2) is 34.9 Å². The van der Waals surface area contributed by atoms with Gasteiger partial charge in [0, 0.05) is 11.9 Å². The smallest absolute Gasteiger partial charge is 0.337 e. The Labute approximate surface area is 106 Å². The van der Waals surface area contributed by atoms with E-state index >= 15 is 0 Å². The van der Waals surface area contributed by atoms with Gasteiger partial charge in [-0.2, -0.15) is 0 Å². The van der Waals surface area contributed by atoms with E-state index < -0.39 is 11.9 Å². The zero-order valence-corrected chi connectivity index (χ0v) is 10.3. The molecule has 0 bridgehead atoms. The second kappa shape index (κ2) is 5.21. The highest BCUT2D eigenvalue weighted by atomic mass is 16.5. The second-order valence-electron chi connectivity index (χ2n) is 4.47. The van der Waals surface area contributed by atoms with Crippen molar-refractivity contribution in [2.45, 2.75) is 26.2 Å². The first kappa shape index (κ1) is 12.6. The van der Waals surface area contributed by atoms with Crippen LogP contribution < -0.4 is 5.11 Å². The lowest BCUT2D eigenvalue weighted by atomic mass is 10.0. The van der Waals surface area contributed by atoms with Crippen LogP contribution in [0.3, 0.4) is 0 Å². The summed E-state index contributed by atoms with van der Waals surface area (Å²) in [6, 6.07) is 0. The molecule has 0 N–H and O–H groups in total. The van der Waals surface area contributed by atoms with Crippen molar-refractivity contribution in [3.05, 3.63) is 34.9 Å². The average Bonchev–Trinajstić information content (AvgIpc) is 2.64. The van der Waals surface area contributed by atoms with E-state index in [9.17, 15) is 14.7 Å². The maximum atomic E-state index is 11.6. The Morgan fingerprint density at radius 3 is 2.83 bits per heavy atom. The average molecular weight is 247 g/mol. The molecule has 2 aliphatic carbocycles. The fourth-order valence-electron chi connectivity index (χ4n) is 2.33. The lowest BCUT2D eigenvalue weighted by Crippen LogP contribution is -2.30. The van der Waals surface area contributed by atoms with Crippen LogP contribution in [0.2, 0.25) is 0 Å².